The molecule has 1 fully saturated rings. The number of hydrogen-bond acceptors (Lipinski definition) is 4. The molecule has 5 heteroatoms. The molecule has 0 spiro atoms. The molecule has 0 aliphatic carbocycles. The van der Waals surface area contributed by atoms with Gasteiger partial charge in [0.1, 0.15) is 0 Å². The van der Waals surface area contributed by atoms with Gasteiger partial charge in [-0.25, -0.2) is 0 Å². The minimum Gasteiger partial charge on any atom is -0.378 e. The Bertz CT molecular complexity index is 455. The predicted octanol–water partition coefficient (Wildman–Crippen LogP) is 0.471. The third-order valence-electron chi connectivity index (χ3n) is 2.87. The maximum absolute atomic E-state index is 12.1. The smallest absolute Gasteiger partial charge is 0.256 e. The number of rotatable bonds is 2. The average molecular weight is 246 g/mol. The van der Waals surface area contributed by atoms with Crippen LogP contribution in [0.25, 0.3) is 0 Å². The molecule has 1 aromatic carbocycles. The van der Waals surface area contributed by atoms with Crippen molar-refractivity contribution in [3.05, 3.63) is 35.9 Å². The molecule has 1 aliphatic rings. The molecule has 1 aliphatic heterocycles. The van der Waals surface area contributed by atoms with Gasteiger partial charge >= 0.3 is 0 Å². The molecule has 1 amide bonds. The third kappa shape index (κ3) is 2.67. The molecule has 0 saturated carbocycles. The van der Waals surface area contributed by atoms with Crippen LogP contribution in [0.5, 0.6) is 0 Å². The second-order valence-electron chi connectivity index (χ2n) is 4.09. The average Bonchev–Trinajstić information content (AvgIpc) is 2.46. The molecule has 1 heterocycles. The summed E-state index contributed by atoms with van der Waals surface area (Å²) in [4.78, 5) is 13.5. The number of morpholine rings is 1. The Balaban J connectivity index is 2.05. The van der Waals surface area contributed by atoms with Crippen molar-refractivity contribution < 1.29 is 14.6 Å². The van der Waals surface area contributed by atoms with E-state index >= 15 is 0 Å². The first-order valence-corrected chi connectivity index (χ1v) is 5.75. The molecule has 1 saturated heterocycles. The Morgan fingerprint density at radius 3 is 2.89 bits per heavy atom. The maximum Gasteiger partial charge on any atom is 0.256 e. The number of nitrogens with zero attached hydrogens (tertiary/aromatic N) is 2. The molecule has 2 atom stereocenters. The molecule has 2 rings (SSSR count). The monoisotopic (exact) mass is 246 g/mol. The zero-order chi connectivity index (χ0) is 13.0. The van der Waals surface area contributed by atoms with Crippen LogP contribution in [0.2, 0.25) is 0 Å². The van der Waals surface area contributed by atoms with Crippen LogP contribution >= 0.6 is 0 Å². The van der Waals surface area contributed by atoms with E-state index in [9.17, 15) is 9.90 Å². The molecule has 0 radical (unpaired) electrons. The van der Waals surface area contributed by atoms with E-state index in [-0.39, 0.29) is 12.5 Å². The first kappa shape index (κ1) is 12.6. The zero-order valence-corrected chi connectivity index (χ0v) is 9.82. The summed E-state index contributed by atoms with van der Waals surface area (Å²) < 4.78 is 5.16. The highest BCUT2D eigenvalue weighted by Crippen LogP contribution is 2.17. The van der Waals surface area contributed by atoms with Gasteiger partial charge in [-0.1, -0.05) is 30.3 Å². The molecular formula is C13H14N2O3. The SMILES string of the molecule is N#CC1CN(C(=O)C(O)c2ccccc2)CCO1. The van der Waals surface area contributed by atoms with Gasteiger partial charge in [0.15, 0.2) is 12.2 Å². The summed E-state index contributed by atoms with van der Waals surface area (Å²) in [5, 5.41) is 18.8. The normalized spacial score (nSPS) is 21.1. The van der Waals surface area contributed by atoms with Gasteiger partial charge in [-0.15, -0.1) is 0 Å². The number of benzene rings is 1. The molecule has 1 N–H and O–H groups in total. The van der Waals surface area contributed by atoms with Gasteiger partial charge in [-0.05, 0) is 5.56 Å². The highest BCUT2D eigenvalue weighted by Gasteiger charge is 2.28. The summed E-state index contributed by atoms with van der Waals surface area (Å²) in [7, 11) is 0. The van der Waals surface area contributed by atoms with Crippen molar-refractivity contribution in [2.45, 2.75) is 12.2 Å². The van der Waals surface area contributed by atoms with Crippen molar-refractivity contribution in [3.63, 3.8) is 0 Å². The first-order valence-electron chi connectivity index (χ1n) is 5.75. The fourth-order valence-corrected chi connectivity index (χ4v) is 1.88. The summed E-state index contributed by atoms with van der Waals surface area (Å²) in [5.41, 5.74) is 0.558. The molecular weight excluding hydrogens is 232 g/mol. The Kier molecular flexibility index (Phi) is 3.92. The summed E-state index contributed by atoms with van der Waals surface area (Å²) in [6.45, 7) is 0.936. The minimum atomic E-state index is -1.18. The van der Waals surface area contributed by atoms with Crippen LogP contribution in [0.1, 0.15) is 11.7 Å². The predicted molar refractivity (Wildman–Crippen MR) is 63.3 cm³/mol. The van der Waals surface area contributed by atoms with E-state index in [1.54, 1.807) is 24.3 Å². The van der Waals surface area contributed by atoms with Gasteiger partial charge in [0, 0.05) is 6.54 Å². The first-order chi connectivity index (χ1) is 8.72. The lowest BCUT2D eigenvalue weighted by molar-refractivity contribution is -0.146. The van der Waals surface area contributed by atoms with E-state index in [1.165, 1.54) is 4.90 Å². The van der Waals surface area contributed by atoms with Crippen LogP contribution in [0.15, 0.2) is 30.3 Å². The number of carbonyl (C=O) groups is 1. The minimum absolute atomic E-state index is 0.208. The third-order valence-corrected chi connectivity index (χ3v) is 2.87. The van der Waals surface area contributed by atoms with Crippen molar-refractivity contribution in [1.29, 1.82) is 5.26 Å². The lowest BCUT2D eigenvalue weighted by Gasteiger charge is -2.31. The van der Waals surface area contributed by atoms with Crippen molar-refractivity contribution in [2.24, 2.45) is 0 Å². The Morgan fingerprint density at radius 1 is 1.50 bits per heavy atom. The summed E-state index contributed by atoms with van der Waals surface area (Å²) in [6.07, 6.45) is -1.78. The van der Waals surface area contributed by atoms with Crippen LogP contribution in [0.4, 0.5) is 0 Å². The molecule has 1 aromatic rings. The van der Waals surface area contributed by atoms with Crippen LogP contribution in [-0.2, 0) is 9.53 Å². The van der Waals surface area contributed by atoms with E-state index < -0.39 is 12.2 Å². The van der Waals surface area contributed by atoms with Gasteiger partial charge in [0.25, 0.3) is 5.91 Å². The van der Waals surface area contributed by atoms with Gasteiger partial charge in [-0.3, -0.25) is 4.79 Å². The molecule has 0 bridgehead atoms. The van der Waals surface area contributed by atoms with Crippen LogP contribution < -0.4 is 0 Å². The van der Waals surface area contributed by atoms with Gasteiger partial charge in [0.2, 0.25) is 0 Å². The molecule has 0 aromatic heterocycles. The number of nitriles is 1. The number of carbonyl (C=O) groups excluding carboxylic acids is 1. The quantitative estimate of drug-likeness (QED) is 0.823. The zero-order valence-electron chi connectivity index (χ0n) is 9.82. The second kappa shape index (κ2) is 5.63. The standard InChI is InChI=1S/C13H14N2O3/c14-8-11-9-15(6-7-18-11)13(17)12(16)10-4-2-1-3-5-10/h1-5,11-12,16H,6-7,9H2. The number of hydrogen-bond donors (Lipinski definition) is 1. The lowest BCUT2D eigenvalue weighted by Crippen LogP contribution is -2.46. The van der Waals surface area contributed by atoms with E-state index in [4.69, 9.17) is 10.00 Å². The number of aliphatic hydroxyl groups is 1. The number of aliphatic hydroxyl groups excluding tert-OH is 1. The Morgan fingerprint density at radius 2 is 2.22 bits per heavy atom. The van der Waals surface area contributed by atoms with Gasteiger partial charge in [-0.2, -0.15) is 5.26 Å². The fourth-order valence-electron chi connectivity index (χ4n) is 1.88. The van der Waals surface area contributed by atoms with Crippen molar-refractivity contribution in [2.75, 3.05) is 19.7 Å². The fraction of sp³-hybridized carbons (Fsp3) is 0.385. The van der Waals surface area contributed by atoms with Crippen molar-refractivity contribution >= 4 is 5.91 Å². The van der Waals surface area contributed by atoms with E-state index in [0.717, 1.165) is 0 Å². The molecule has 2 unspecified atom stereocenters. The largest absolute Gasteiger partial charge is 0.378 e. The van der Waals surface area contributed by atoms with E-state index in [2.05, 4.69) is 0 Å². The van der Waals surface area contributed by atoms with Crippen LogP contribution in [0, 0.1) is 11.3 Å². The summed E-state index contributed by atoms with van der Waals surface area (Å²) >= 11 is 0. The van der Waals surface area contributed by atoms with Crippen molar-refractivity contribution in [3.8, 4) is 6.07 Å². The highest BCUT2D eigenvalue weighted by atomic mass is 16.5. The Labute approximate surface area is 105 Å². The molecule has 18 heavy (non-hydrogen) atoms. The van der Waals surface area contributed by atoms with Gasteiger partial charge in [0.05, 0.1) is 19.2 Å². The second-order valence-corrected chi connectivity index (χ2v) is 4.09. The number of ether oxygens (including phenoxy) is 1. The van der Waals surface area contributed by atoms with Crippen molar-refractivity contribution in [1.82, 2.24) is 4.90 Å². The number of amides is 1. The van der Waals surface area contributed by atoms with E-state index in [1.807, 2.05) is 12.1 Å². The van der Waals surface area contributed by atoms with Crippen LogP contribution in [0.3, 0.4) is 0 Å². The lowest BCUT2D eigenvalue weighted by atomic mass is 10.1. The highest BCUT2D eigenvalue weighted by molar-refractivity contribution is 5.82. The van der Waals surface area contributed by atoms with Crippen LogP contribution in [-0.4, -0.2) is 41.7 Å². The van der Waals surface area contributed by atoms with Gasteiger partial charge < -0.3 is 14.7 Å². The molecule has 5 nitrogen and oxygen atoms in total. The molecule has 94 valence electrons. The Hall–Kier alpha value is -1.90. The summed E-state index contributed by atoms with van der Waals surface area (Å²) in [6, 6.07) is 10.7. The topological polar surface area (TPSA) is 73.6 Å². The maximum atomic E-state index is 12.1. The summed E-state index contributed by atoms with van der Waals surface area (Å²) in [5.74, 6) is -0.384. The van der Waals surface area contributed by atoms with E-state index in [0.29, 0.717) is 18.7 Å².